The first-order chi connectivity index (χ1) is 15.3. The van der Waals surface area contributed by atoms with E-state index in [2.05, 4.69) is 33.8 Å². The highest BCUT2D eigenvalue weighted by Crippen LogP contribution is 2.19. The summed E-state index contributed by atoms with van der Waals surface area (Å²) in [4.78, 5) is 4.32. The molecule has 0 unspecified atom stereocenters. The Morgan fingerprint density at radius 3 is 2.56 bits per heavy atom. The van der Waals surface area contributed by atoms with Crippen LogP contribution in [0.15, 0.2) is 59.6 Å². The van der Waals surface area contributed by atoms with Gasteiger partial charge in [-0.1, -0.05) is 48.5 Å². The van der Waals surface area contributed by atoms with Crippen molar-refractivity contribution in [3.8, 4) is 5.75 Å². The van der Waals surface area contributed by atoms with Crippen LogP contribution in [0.2, 0.25) is 0 Å². The van der Waals surface area contributed by atoms with Crippen molar-refractivity contribution in [2.24, 2.45) is 10.9 Å². The van der Waals surface area contributed by atoms with Crippen molar-refractivity contribution in [3.05, 3.63) is 65.7 Å². The summed E-state index contributed by atoms with van der Waals surface area (Å²) in [5.41, 5.74) is 2.25. The maximum absolute atomic E-state index is 6.04. The molecule has 2 aromatic rings. The number of guanidine groups is 1. The van der Waals surface area contributed by atoms with E-state index in [9.17, 15) is 0 Å². The van der Waals surface area contributed by atoms with Crippen molar-refractivity contribution in [2.45, 2.75) is 32.4 Å². The molecule has 7 heteroatoms. The van der Waals surface area contributed by atoms with Gasteiger partial charge in [0.2, 0.25) is 0 Å². The highest BCUT2D eigenvalue weighted by atomic mass is 127. The number of nitrogens with zero attached hydrogens (tertiary/aromatic N) is 1. The molecule has 0 spiro atoms. The predicted octanol–water partition coefficient (Wildman–Crippen LogP) is 4.38. The molecule has 2 N–H and O–H groups in total. The Balaban J connectivity index is 0.00000363. The van der Waals surface area contributed by atoms with Crippen LogP contribution in [0.25, 0.3) is 0 Å². The van der Waals surface area contributed by atoms with Crippen molar-refractivity contribution < 1.29 is 14.2 Å². The largest absolute Gasteiger partial charge is 0.489 e. The van der Waals surface area contributed by atoms with Crippen LogP contribution in [0.3, 0.4) is 0 Å². The van der Waals surface area contributed by atoms with E-state index in [4.69, 9.17) is 14.2 Å². The Hall–Kier alpha value is -1.84. The van der Waals surface area contributed by atoms with E-state index in [0.717, 1.165) is 75.1 Å². The molecule has 0 saturated carbocycles. The van der Waals surface area contributed by atoms with Gasteiger partial charge >= 0.3 is 0 Å². The first kappa shape index (κ1) is 26.4. The van der Waals surface area contributed by atoms with Crippen LogP contribution in [-0.2, 0) is 22.6 Å². The Morgan fingerprint density at radius 1 is 1.03 bits per heavy atom. The van der Waals surface area contributed by atoms with E-state index in [1.807, 2.05) is 36.4 Å². The zero-order valence-electron chi connectivity index (χ0n) is 18.9. The Kier molecular flexibility index (Phi) is 13.1. The molecule has 0 bridgehead atoms. The Labute approximate surface area is 209 Å². The summed E-state index contributed by atoms with van der Waals surface area (Å²) in [7, 11) is 1.79. The van der Waals surface area contributed by atoms with Gasteiger partial charge in [-0.3, -0.25) is 4.99 Å². The number of rotatable bonds is 11. The summed E-state index contributed by atoms with van der Waals surface area (Å²) >= 11 is 0. The lowest BCUT2D eigenvalue weighted by atomic mass is 10.0. The normalized spacial score (nSPS) is 14.5. The molecule has 6 nitrogen and oxygen atoms in total. The van der Waals surface area contributed by atoms with Crippen LogP contribution in [0.1, 0.15) is 30.4 Å². The van der Waals surface area contributed by atoms with Crippen LogP contribution >= 0.6 is 24.0 Å². The number of hydrogen-bond acceptors (Lipinski definition) is 4. The second-order valence-corrected chi connectivity index (χ2v) is 7.72. The average molecular weight is 553 g/mol. The summed E-state index contributed by atoms with van der Waals surface area (Å²) in [6, 6.07) is 18.3. The minimum Gasteiger partial charge on any atom is -0.489 e. The van der Waals surface area contributed by atoms with E-state index in [-0.39, 0.29) is 24.0 Å². The van der Waals surface area contributed by atoms with Gasteiger partial charge in [-0.25, -0.2) is 0 Å². The summed E-state index contributed by atoms with van der Waals surface area (Å²) in [6.45, 7) is 5.37. The molecule has 0 atom stereocenters. The smallest absolute Gasteiger partial charge is 0.191 e. The molecule has 176 valence electrons. The van der Waals surface area contributed by atoms with Crippen molar-refractivity contribution in [2.75, 3.05) is 40.0 Å². The van der Waals surface area contributed by atoms with Gasteiger partial charge < -0.3 is 24.8 Å². The monoisotopic (exact) mass is 553 g/mol. The standard InChI is InChI=1S/C25H35N3O3.HI/c1-26-25(27-14-7-15-30-19-22-12-16-29-17-13-22)28-18-23-10-5-6-11-24(23)31-20-21-8-3-2-4-9-21;/h2-6,8-11,22H,7,12-20H2,1H3,(H2,26,27,28);1H. The molecular formula is C25H36IN3O3. The van der Waals surface area contributed by atoms with Crippen molar-refractivity contribution in [3.63, 3.8) is 0 Å². The molecule has 1 saturated heterocycles. The topological polar surface area (TPSA) is 64.1 Å². The number of para-hydroxylation sites is 1. The lowest BCUT2D eigenvalue weighted by Gasteiger charge is -2.21. The fourth-order valence-corrected chi connectivity index (χ4v) is 3.47. The van der Waals surface area contributed by atoms with Crippen molar-refractivity contribution in [1.29, 1.82) is 0 Å². The molecule has 0 amide bonds. The third-order valence-corrected chi connectivity index (χ3v) is 5.33. The van der Waals surface area contributed by atoms with Gasteiger partial charge in [0.25, 0.3) is 0 Å². The second-order valence-electron chi connectivity index (χ2n) is 7.72. The number of benzene rings is 2. The second kappa shape index (κ2) is 15.9. The molecule has 1 fully saturated rings. The molecule has 0 radical (unpaired) electrons. The molecule has 32 heavy (non-hydrogen) atoms. The minimum absolute atomic E-state index is 0. The number of nitrogens with one attached hydrogen (secondary N) is 2. The van der Waals surface area contributed by atoms with Gasteiger partial charge in [-0.05, 0) is 36.8 Å². The molecule has 1 aliphatic heterocycles. The number of halogens is 1. The zero-order chi connectivity index (χ0) is 21.6. The fraction of sp³-hybridized carbons (Fsp3) is 0.480. The number of aliphatic imine (C=N–C) groups is 1. The van der Waals surface area contributed by atoms with Crippen LogP contribution in [0.5, 0.6) is 5.75 Å². The molecule has 1 heterocycles. The van der Waals surface area contributed by atoms with E-state index < -0.39 is 0 Å². The third-order valence-electron chi connectivity index (χ3n) is 5.33. The fourth-order valence-electron chi connectivity index (χ4n) is 3.47. The number of ether oxygens (including phenoxy) is 3. The van der Waals surface area contributed by atoms with Gasteiger partial charge in [0.1, 0.15) is 12.4 Å². The van der Waals surface area contributed by atoms with Crippen LogP contribution in [0, 0.1) is 5.92 Å². The quantitative estimate of drug-likeness (QED) is 0.187. The summed E-state index contributed by atoms with van der Waals surface area (Å²) < 4.78 is 17.3. The first-order valence-electron chi connectivity index (χ1n) is 11.2. The highest BCUT2D eigenvalue weighted by Gasteiger charge is 2.13. The average Bonchev–Trinajstić information content (AvgIpc) is 2.83. The predicted molar refractivity (Wildman–Crippen MR) is 140 cm³/mol. The number of hydrogen-bond donors (Lipinski definition) is 2. The molecular weight excluding hydrogens is 517 g/mol. The lowest BCUT2D eigenvalue weighted by Crippen LogP contribution is -2.37. The highest BCUT2D eigenvalue weighted by molar-refractivity contribution is 14.0. The summed E-state index contributed by atoms with van der Waals surface area (Å²) in [6.07, 6.45) is 3.18. The van der Waals surface area contributed by atoms with E-state index in [0.29, 0.717) is 19.1 Å². The molecule has 1 aliphatic rings. The zero-order valence-corrected chi connectivity index (χ0v) is 21.3. The van der Waals surface area contributed by atoms with E-state index in [1.54, 1.807) is 7.05 Å². The van der Waals surface area contributed by atoms with Crippen molar-refractivity contribution >= 4 is 29.9 Å². The molecule has 0 aliphatic carbocycles. The summed E-state index contributed by atoms with van der Waals surface area (Å²) in [5, 5.41) is 6.72. The maximum atomic E-state index is 6.04. The van der Waals surface area contributed by atoms with Crippen LogP contribution in [0.4, 0.5) is 0 Å². The molecule has 2 aromatic carbocycles. The SMILES string of the molecule is CN=C(NCCCOCC1CCOCC1)NCc1ccccc1OCc1ccccc1.I. The van der Waals surface area contributed by atoms with Gasteiger partial charge in [0.15, 0.2) is 5.96 Å². The van der Waals surface area contributed by atoms with E-state index in [1.165, 1.54) is 0 Å². The Morgan fingerprint density at radius 2 is 1.78 bits per heavy atom. The molecule has 0 aromatic heterocycles. The Bertz CT molecular complexity index is 783. The third kappa shape index (κ3) is 9.75. The van der Waals surface area contributed by atoms with Gasteiger partial charge in [-0.15, -0.1) is 24.0 Å². The maximum Gasteiger partial charge on any atom is 0.191 e. The van der Waals surface area contributed by atoms with Crippen LogP contribution in [-0.4, -0.2) is 46.0 Å². The van der Waals surface area contributed by atoms with Gasteiger partial charge in [-0.2, -0.15) is 0 Å². The summed E-state index contributed by atoms with van der Waals surface area (Å²) in [5.74, 6) is 2.32. The van der Waals surface area contributed by atoms with Gasteiger partial charge in [0, 0.05) is 52.1 Å². The van der Waals surface area contributed by atoms with Crippen LogP contribution < -0.4 is 15.4 Å². The first-order valence-corrected chi connectivity index (χ1v) is 11.2. The van der Waals surface area contributed by atoms with Gasteiger partial charge in [0.05, 0.1) is 0 Å². The van der Waals surface area contributed by atoms with Crippen molar-refractivity contribution in [1.82, 2.24) is 10.6 Å². The van der Waals surface area contributed by atoms with E-state index >= 15 is 0 Å². The molecule has 3 rings (SSSR count). The lowest BCUT2D eigenvalue weighted by molar-refractivity contribution is 0.0203. The minimum atomic E-state index is 0.